The monoisotopic (exact) mass is 284 g/mol. The van der Waals surface area contributed by atoms with Crippen LogP contribution in [0.1, 0.15) is 30.9 Å². The van der Waals surface area contributed by atoms with Crippen molar-refractivity contribution in [3.63, 3.8) is 0 Å². The molecule has 3 nitrogen and oxygen atoms in total. The van der Waals surface area contributed by atoms with Gasteiger partial charge < -0.3 is 5.84 Å². The van der Waals surface area contributed by atoms with Crippen LogP contribution in [0.5, 0.6) is 0 Å². The van der Waals surface area contributed by atoms with Crippen LogP contribution in [0, 0.1) is 0 Å². The molecular formula is C14H15F3N2O. The molecule has 0 spiro atoms. The molecule has 0 aliphatic heterocycles. The number of aromatic nitrogens is 1. The van der Waals surface area contributed by atoms with Crippen molar-refractivity contribution in [1.29, 1.82) is 0 Å². The Morgan fingerprint density at radius 2 is 1.95 bits per heavy atom. The maximum atomic E-state index is 12.9. The highest BCUT2D eigenvalue weighted by atomic mass is 19.4. The van der Waals surface area contributed by atoms with Gasteiger partial charge in [-0.1, -0.05) is 25.5 Å². The van der Waals surface area contributed by atoms with Crippen molar-refractivity contribution in [3.8, 4) is 0 Å². The summed E-state index contributed by atoms with van der Waals surface area (Å²) in [4.78, 5) is 11.6. The fraction of sp³-hybridized carbons (Fsp3) is 0.357. The summed E-state index contributed by atoms with van der Waals surface area (Å²) in [6, 6.07) is 5.12. The summed E-state index contributed by atoms with van der Waals surface area (Å²) in [7, 11) is 0. The number of halogens is 3. The first-order chi connectivity index (χ1) is 9.34. The third-order valence-corrected chi connectivity index (χ3v) is 3.24. The first kappa shape index (κ1) is 14.4. The lowest BCUT2D eigenvalue weighted by Gasteiger charge is -2.13. The third-order valence-electron chi connectivity index (χ3n) is 3.24. The maximum absolute atomic E-state index is 12.9. The molecule has 1 heterocycles. The van der Waals surface area contributed by atoms with Gasteiger partial charge in [-0.25, -0.2) is 4.68 Å². The molecule has 0 saturated carbocycles. The predicted octanol–water partition coefficient (Wildman–Crippen LogP) is 3.08. The van der Waals surface area contributed by atoms with Gasteiger partial charge in [0.2, 0.25) is 0 Å². The summed E-state index contributed by atoms with van der Waals surface area (Å²) in [6.07, 6.45) is -1.91. The van der Waals surface area contributed by atoms with E-state index in [0.29, 0.717) is 6.07 Å². The van der Waals surface area contributed by atoms with E-state index in [-0.39, 0.29) is 10.9 Å². The number of nitrogens with zero attached hydrogens (tertiary/aromatic N) is 1. The van der Waals surface area contributed by atoms with E-state index < -0.39 is 17.3 Å². The Balaban J connectivity index is 2.69. The summed E-state index contributed by atoms with van der Waals surface area (Å²) < 4.78 is 39.6. The van der Waals surface area contributed by atoms with Crippen LogP contribution in [0.4, 0.5) is 13.2 Å². The van der Waals surface area contributed by atoms with E-state index in [9.17, 15) is 18.0 Å². The van der Waals surface area contributed by atoms with Crippen molar-refractivity contribution in [2.24, 2.45) is 0 Å². The van der Waals surface area contributed by atoms with E-state index in [1.165, 1.54) is 6.07 Å². The first-order valence-corrected chi connectivity index (χ1v) is 6.35. The third kappa shape index (κ3) is 2.64. The number of rotatable bonds is 3. The number of nitrogen functional groups attached to an aromatic ring is 1. The van der Waals surface area contributed by atoms with Gasteiger partial charge in [0, 0.05) is 11.5 Å². The van der Waals surface area contributed by atoms with E-state index in [4.69, 9.17) is 5.84 Å². The van der Waals surface area contributed by atoms with E-state index in [1.807, 2.05) is 6.92 Å². The molecule has 1 aromatic carbocycles. The van der Waals surface area contributed by atoms with Gasteiger partial charge in [0.15, 0.2) is 0 Å². The van der Waals surface area contributed by atoms with Crippen molar-refractivity contribution in [2.75, 3.05) is 5.84 Å². The zero-order chi connectivity index (χ0) is 14.9. The topological polar surface area (TPSA) is 48.0 Å². The van der Waals surface area contributed by atoms with Gasteiger partial charge in [-0.3, -0.25) is 4.79 Å². The number of hydrogen-bond acceptors (Lipinski definition) is 2. The van der Waals surface area contributed by atoms with Gasteiger partial charge in [-0.05, 0) is 24.5 Å². The quantitative estimate of drug-likeness (QED) is 0.880. The number of benzene rings is 1. The van der Waals surface area contributed by atoms with E-state index >= 15 is 0 Å². The van der Waals surface area contributed by atoms with Gasteiger partial charge >= 0.3 is 6.18 Å². The van der Waals surface area contributed by atoms with Crippen molar-refractivity contribution in [1.82, 2.24) is 4.68 Å². The highest BCUT2D eigenvalue weighted by Gasteiger charge is 2.33. The zero-order valence-corrected chi connectivity index (χ0v) is 11.0. The van der Waals surface area contributed by atoms with Gasteiger partial charge in [0.1, 0.15) is 0 Å². The second kappa shape index (κ2) is 5.19. The smallest absolute Gasteiger partial charge is 0.336 e. The molecule has 6 heteroatoms. The molecule has 0 unspecified atom stereocenters. The van der Waals surface area contributed by atoms with Crippen molar-refractivity contribution >= 4 is 10.9 Å². The minimum absolute atomic E-state index is 0.0557. The minimum atomic E-state index is -4.57. The summed E-state index contributed by atoms with van der Waals surface area (Å²) >= 11 is 0. The lowest BCUT2D eigenvalue weighted by molar-refractivity contribution is -0.136. The average Bonchev–Trinajstić information content (AvgIpc) is 2.39. The molecule has 0 aliphatic carbocycles. The van der Waals surface area contributed by atoms with Gasteiger partial charge in [0.25, 0.3) is 5.56 Å². The van der Waals surface area contributed by atoms with Crippen molar-refractivity contribution in [2.45, 2.75) is 32.4 Å². The number of pyridine rings is 1. The normalized spacial score (nSPS) is 12.0. The number of hydrogen-bond donors (Lipinski definition) is 1. The molecule has 0 radical (unpaired) electrons. The number of nitrogens with two attached hydrogens (primary N) is 1. The Hall–Kier alpha value is -1.98. The lowest BCUT2D eigenvalue weighted by Crippen LogP contribution is -2.29. The van der Waals surface area contributed by atoms with Crippen LogP contribution in [0.15, 0.2) is 29.1 Å². The fourth-order valence-electron chi connectivity index (χ4n) is 2.16. The lowest BCUT2D eigenvalue weighted by atomic mass is 10.0. The number of alkyl halides is 3. The van der Waals surface area contributed by atoms with Crippen LogP contribution in [0.25, 0.3) is 10.9 Å². The molecule has 0 aliphatic rings. The molecule has 0 bridgehead atoms. The van der Waals surface area contributed by atoms with Gasteiger partial charge in [0.05, 0.1) is 11.1 Å². The Morgan fingerprint density at radius 3 is 2.55 bits per heavy atom. The zero-order valence-electron chi connectivity index (χ0n) is 11.0. The highest BCUT2D eigenvalue weighted by Crippen LogP contribution is 2.33. The first-order valence-electron chi connectivity index (χ1n) is 6.35. The van der Waals surface area contributed by atoms with Crippen LogP contribution in [-0.4, -0.2) is 4.68 Å². The van der Waals surface area contributed by atoms with Crippen LogP contribution in [0.3, 0.4) is 0 Å². The molecule has 2 N–H and O–H groups in total. The molecular weight excluding hydrogens is 269 g/mol. The van der Waals surface area contributed by atoms with E-state index in [0.717, 1.165) is 29.5 Å². The maximum Gasteiger partial charge on any atom is 0.417 e. The number of fused-ring (bicyclic) bond motifs is 1. The van der Waals surface area contributed by atoms with Crippen LogP contribution in [0.2, 0.25) is 0 Å². The fourth-order valence-corrected chi connectivity index (χ4v) is 2.16. The Morgan fingerprint density at radius 1 is 1.25 bits per heavy atom. The van der Waals surface area contributed by atoms with Gasteiger partial charge in [-0.15, -0.1) is 0 Å². The Kier molecular flexibility index (Phi) is 3.74. The van der Waals surface area contributed by atoms with Crippen LogP contribution >= 0.6 is 0 Å². The molecule has 0 saturated heterocycles. The second-order valence-corrected chi connectivity index (χ2v) is 4.72. The Labute approximate surface area is 113 Å². The molecule has 2 aromatic rings. The summed E-state index contributed by atoms with van der Waals surface area (Å²) in [5.74, 6) is 5.56. The largest absolute Gasteiger partial charge is 0.417 e. The van der Waals surface area contributed by atoms with E-state index in [2.05, 4.69) is 0 Å². The number of unbranched alkanes of at least 4 members (excludes halogenated alkanes) is 1. The van der Waals surface area contributed by atoms with Crippen LogP contribution < -0.4 is 11.4 Å². The predicted molar refractivity (Wildman–Crippen MR) is 72.0 cm³/mol. The molecule has 0 atom stereocenters. The number of aryl methyl sites for hydroxylation is 1. The summed E-state index contributed by atoms with van der Waals surface area (Å²) in [6.45, 7) is 2.03. The molecule has 1 aromatic heterocycles. The molecule has 0 fully saturated rings. The van der Waals surface area contributed by atoms with Crippen molar-refractivity contribution in [3.05, 3.63) is 45.7 Å². The summed E-state index contributed by atoms with van der Waals surface area (Å²) in [5, 5.41) is -0.0557. The second-order valence-electron chi connectivity index (χ2n) is 4.72. The minimum Gasteiger partial charge on any atom is -0.336 e. The molecule has 2 rings (SSSR count). The molecule has 0 amide bonds. The van der Waals surface area contributed by atoms with Crippen molar-refractivity contribution < 1.29 is 13.2 Å². The summed E-state index contributed by atoms with van der Waals surface area (Å²) in [5.41, 5.74) is -0.825. The average molecular weight is 284 g/mol. The highest BCUT2D eigenvalue weighted by molar-refractivity contribution is 5.83. The van der Waals surface area contributed by atoms with Crippen LogP contribution in [-0.2, 0) is 12.6 Å². The standard InChI is InChI=1S/C14H15F3N2O/c1-2-3-4-9-5-6-10-11(14(15,16)17)8-13(20)19(18)12(10)7-9/h5-8H,2-4,18H2,1H3. The molecule has 108 valence electrons. The Bertz CT molecular complexity index is 689. The molecule has 20 heavy (non-hydrogen) atoms. The van der Waals surface area contributed by atoms with Gasteiger partial charge in [-0.2, -0.15) is 13.2 Å². The van der Waals surface area contributed by atoms with E-state index in [1.54, 1.807) is 12.1 Å². The SMILES string of the molecule is CCCCc1ccc2c(C(F)(F)F)cc(=O)n(N)c2c1.